The maximum absolute atomic E-state index is 14.7. The van der Waals surface area contributed by atoms with Crippen LogP contribution in [0.25, 0.3) is 0 Å². The lowest BCUT2D eigenvalue weighted by molar-refractivity contribution is -0.162. The van der Waals surface area contributed by atoms with E-state index in [1.54, 1.807) is 82.3 Å². The van der Waals surface area contributed by atoms with E-state index >= 15 is 0 Å². The Balaban J connectivity index is 1.80. The van der Waals surface area contributed by atoms with Crippen molar-refractivity contribution in [2.45, 2.75) is 162 Å². The fraction of sp³-hybridized carbons (Fsp3) is 0.604. The van der Waals surface area contributed by atoms with Crippen molar-refractivity contribution in [2.75, 3.05) is 27.7 Å². The lowest BCUT2D eigenvalue weighted by atomic mass is 9.92. The zero-order valence-electron chi connectivity index (χ0n) is 44.1. The molecule has 20 heteroatoms. The molecule has 402 valence electrons. The van der Waals surface area contributed by atoms with Gasteiger partial charge in [0, 0.05) is 27.1 Å². The molecule has 20 nitrogen and oxygen atoms in total. The summed E-state index contributed by atoms with van der Waals surface area (Å²) in [6, 6.07) is 7.89. The second-order valence-electron chi connectivity index (χ2n) is 19.9. The largest absolute Gasteiger partial charge is 0.497 e. The second-order valence-corrected chi connectivity index (χ2v) is 19.9. The number of fused-ring (bicyclic) bond motifs is 1. The number of nitrogens with one attached hydrogen (secondary N) is 3. The molecule has 2 aromatic carbocycles. The number of aliphatic hydroxyl groups is 1. The molecule has 2 aliphatic rings. The molecule has 2 aromatic rings. The fourth-order valence-electron chi connectivity index (χ4n) is 8.78. The molecule has 10 atom stereocenters. The van der Waals surface area contributed by atoms with Crippen LogP contribution in [0.1, 0.15) is 105 Å². The number of carbonyl (C=O) groups is 9. The number of likely N-dealkylation sites (N-methyl/N-ethyl adjacent to an activating group) is 2. The molecule has 4 N–H and O–H groups in total. The number of cyclic esters (lactones) is 2. The van der Waals surface area contributed by atoms with E-state index < -0.39 is 133 Å². The summed E-state index contributed by atoms with van der Waals surface area (Å²) in [5.74, 6) is -7.23. The molecule has 2 fully saturated rings. The summed E-state index contributed by atoms with van der Waals surface area (Å²) in [5, 5.41) is 19.7. The Morgan fingerprint density at radius 2 is 1.56 bits per heavy atom. The number of nitrogens with zero attached hydrogens (tertiary/aromatic N) is 3. The normalized spacial score (nSPS) is 25.2. The van der Waals surface area contributed by atoms with Crippen molar-refractivity contribution in [3.8, 4) is 5.75 Å². The standard InChI is InChI=1S/C53H76N6O14/c1-12-32(6)45-41(60)28-44(63)73-47(31(4)5)42(61)27-43(62)54-38(25-30(2)3)50(66)59-24-16-19-39(59)51(67)58(10)40(26-35-20-22-37(70-11)23-21-35)52(68)72-34(8)46(49(65)55-45)56-48(64)33(7)57(9)53(69)71-29-36-17-14-13-15-18-36/h13-15,17-18,20-23,30-34,38-41,45-47,60H,12,16,19,24-29H2,1-11H3,(H,54,62)(H,55,65)(H,56,64)/t32-,33+,34+,38-,39-,40-,41-,45+,46-,47-/m0/s1. The van der Waals surface area contributed by atoms with Crippen molar-refractivity contribution in [3.63, 3.8) is 0 Å². The number of esters is 2. The summed E-state index contributed by atoms with van der Waals surface area (Å²) in [6.07, 6.45) is -5.77. The van der Waals surface area contributed by atoms with Gasteiger partial charge in [0.15, 0.2) is 11.9 Å². The Labute approximate surface area is 428 Å². The number of ketones is 1. The van der Waals surface area contributed by atoms with Crippen LogP contribution in [0.3, 0.4) is 0 Å². The zero-order valence-corrected chi connectivity index (χ0v) is 44.1. The van der Waals surface area contributed by atoms with Gasteiger partial charge in [-0.3, -0.25) is 38.5 Å². The van der Waals surface area contributed by atoms with Crippen molar-refractivity contribution in [3.05, 3.63) is 65.7 Å². The third-order valence-corrected chi connectivity index (χ3v) is 13.5. The third kappa shape index (κ3) is 16.5. The Kier molecular flexibility index (Phi) is 22.2. The highest BCUT2D eigenvalue weighted by molar-refractivity contribution is 6.02. The monoisotopic (exact) mass is 1020 g/mol. The van der Waals surface area contributed by atoms with Crippen molar-refractivity contribution in [1.82, 2.24) is 30.7 Å². The molecular weight excluding hydrogens is 945 g/mol. The quantitative estimate of drug-likeness (QED) is 0.127. The highest BCUT2D eigenvalue weighted by atomic mass is 16.6. The predicted molar refractivity (Wildman–Crippen MR) is 267 cm³/mol. The summed E-state index contributed by atoms with van der Waals surface area (Å²) in [5.41, 5.74) is 1.29. The van der Waals surface area contributed by atoms with Gasteiger partial charge in [-0.2, -0.15) is 0 Å². The molecule has 0 saturated carbocycles. The number of amides is 6. The van der Waals surface area contributed by atoms with E-state index in [0.29, 0.717) is 29.7 Å². The molecule has 6 amide bonds. The molecule has 4 rings (SSSR count). The Bertz CT molecular complexity index is 2240. The van der Waals surface area contributed by atoms with Crippen LogP contribution in [0.2, 0.25) is 0 Å². The number of benzene rings is 2. The summed E-state index contributed by atoms with van der Waals surface area (Å²) >= 11 is 0. The lowest BCUT2D eigenvalue weighted by Crippen LogP contribution is -2.61. The summed E-state index contributed by atoms with van der Waals surface area (Å²) < 4.78 is 22.4. The Hall–Kier alpha value is -6.57. The number of carbonyl (C=O) groups excluding carboxylic acids is 9. The number of rotatable bonds is 13. The first-order chi connectivity index (χ1) is 34.5. The van der Waals surface area contributed by atoms with Crippen molar-refractivity contribution in [1.29, 1.82) is 0 Å². The molecule has 0 bridgehead atoms. The van der Waals surface area contributed by atoms with Gasteiger partial charge in [0.25, 0.3) is 0 Å². The van der Waals surface area contributed by atoms with Crippen LogP contribution in [-0.2, 0) is 65.6 Å². The zero-order chi connectivity index (χ0) is 54.3. The molecule has 73 heavy (non-hydrogen) atoms. The molecule has 0 radical (unpaired) electrons. The van der Waals surface area contributed by atoms with Gasteiger partial charge in [0.05, 0.1) is 32.1 Å². The molecule has 0 aliphatic carbocycles. The van der Waals surface area contributed by atoms with Crippen molar-refractivity contribution < 1.29 is 67.2 Å². The Morgan fingerprint density at radius 3 is 2.16 bits per heavy atom. The lowest BCUT2D eigenvalue weighted by Gasteiger charge is -2.35. The fourth-order valence-corrected chi connectivity index (χ4v) is 8.78. The van der Waals surface area contributed by atoms with E-state index in [1.165, 1.54) is 44.9 Å². The van der Waals surface area contributed by atoms with E-state index in [4.69, 9.17) is 18.9 Å². The minimum Gasteiger partial charge on any atom is -0.497 e. The number of Topliss-reactive ketones (excluding diaryl/α,β-unsaturated/α-hetero) is 1. The van der Waals surface area contributed by atoms with Gasteiger partial charge < -0.3 is 49.8 Å². The van der Waals surface area contributed by atoms with Crippen LogP contribution >= 0.6 is 0 Å². The average molecular weight is 1020 g/mol. The Morgan fingerprint density at radius 1 is 0.904 bits per heavy atom. The molecule has 2 aliphatic heterocycles. The van der Waals surface area contributed by atoms with Gasteiger partial charge in [0.2, 0.25) is 29.5 Å². The van der Waals surface area contributed by atoms with E-state index in [-0.39, 0.29) is 38.3 Å². The molecule has 0 spiro atoms. The molecule has 2 heterocycles. The van der Waals surface area contributed by atoms with Gasteiger partial charge in [-0.05, 0) is 74.1 Å². The van der Waals surface area contributed by atoms with Crippen LogP contribution in [0.15, 0.2) is 54.6 Å². The minimum atomic E-state index is -1.71. The van der Waals surface area contributed by atoms with E-state index in [2.05, 4.69) is 16.0 Å². The van der Waals surface area contributed by atoms with E-state index in [0.717, 1.165) is 4.90 Å². The number of aliphatic hydroxyl groups excluding tert-OH is 1. The van der Waals surface area contributed by atoms with Crippen LogP contribution < -0.4 is 20.7 Å². The van der Waals surface area contributed by atoms with Gasteiger partial charge in [0.1, 0.15) is 48.7 Å². The smallest absolute Gasteiger partial charge is 0.410 e. The predicted octanol–water partition coefficient (Wildman–Crippen LogP) is 3.48. The maximum atomic E-state index is 14.7. The first-order valence-corrected chi connectivity index (χ1v) is 25.1. The number of ether oxygens (including phenoxy) is 4. The molecular formula is C53H76N6O14. The summed E-state index contributed by atoms with van der Waals surface area (Å²) in [4.78, 5) is 130. The van der Waals surface area contributed by atoms with Crippen LogP contribution in [-0.4, -0.2) is 155 Å². The molecule has 0 unspecified atom stereocenters. The van der Waals surface area contributed by atoms with Crippen molar-refractivity contribution >= 4 is 53.4 Å². The highest BCUT2D eigenvalue weighted by Gasteiger charge is 2.44. The summed E-state index contributed by atoms with van der Waals surface area (Å²) in [6.45, 7) is 13.2. The van der Waals surface area contributed by atoms with Crippen LogP contribution in [0, 0.1) is 17.8 Å². The van der Waals surface area contributed by atoms with Crippen LogP contribution in [0.4, 0.5) is 4.79 Å². The van der Waals surface area contributed by atoms with Gasteiger partial charge in [-0.25, -0.2) is 9.59 Å². The maximum Gasteiger partial charge on any atom is 0.410 e. The van der Waals surface area contributed by atoms with Gasteiger partial charge >= 0.3 is 18.0 Å². The second kappa shape index (κ2) is 27.5. The first kappa shape index (κ1) is 59.0. The van der Waals surface area contributed by atoms with E-state index in [9.17, 15) is 48.3 Å². The average Bonchev–Trinajstić information content (AvgIpc) is 3.85. The van der Waals surface area contributed by atoms with Gasteiger partial charge in [-0.1, -0.05) is 90.4 Å². The third-order valence-electron chi connectivity index (χ3n) is 13.5. The number of methoxy groups -OCH3 is 1. The number of hydrogen-bond acceptors (Lipinski definition) is 14. The van der Waals surface area contributed by atoms with Crippen LogP contribution in [0.5, 0.6) is 5.75 Å². The van der Waals surface area contributed by atoms with Gasteiger partial charge in [-0.15, -0.1) is 0 Å². The topological polar surface area (TPSA) is 257 Å². The first-order valence-electron chi connectivity index (χ1n) is 25.1. The SMILES string of the molecule is CC[C@H](C)[C@H]1NC(=O)[C@@H](NC(=O)[C@@H](C)N(C)C(=O)OCc2ccccc2)[C@@H](C)OC(=O)[C@H](Cc2ccc(OC)cc2)N(C)C(=O)[C@@H]2CCCN2C(=O)[C@H](CC(C)C)NC(=O)CC(=O)[C@H](C(C)C)OC(=O)C[C@@H]1O. The number of hydrogen-bond donors (Lipinski definition) is 4. The van der Waals surface area contributed by atoms with Crippen molar-refractivity contribution in [2.24, 2.45) is 17.8 Å². The summed E-state index contributed by atoms with van der Waals surface area (Å²) in [7, 11) is 4.23. The highest BCUT2D eigenvalue weighted by Crippen LogP contribution is 2.25. The van der Waals surface area contributed by atoms with E-state index in [1.807, 2.05) is 13.8 Å². The molecule has 2 saturated heterocycles. The minimum absolute atomic E-state index is 0.0864. The molecule has 0 aromatic heterocycles.